The van der Waals surface area contributed by atoms with E-state index in [1.165, 1.54) is 0 Å². The number of benzene rings is 1. The van der Waals surface area contributed by atoms with Gasteiger partial charge in [0.25, 0.3) is 0 Å². The Labute approximate surface area is 192 Å². The lowest BCUT2D eigenvalue weighted by Crippen LogP contribution is -2.57. The molecule has 7 nitrogen and oxygen atoms in total. The van der Waals surface area contributed by atoms with Crippen LogP contribution < -0.4 is 10.1 Å². The summed E-state index contributed by atoms with van der Waals surface area (Å²) in [5, 5.41) is 3.42. The van der Waals surface area contributed by atoms with Crippen LogP contribution in [-0.4, -0.2) is 82.3 Å². The van der Waals surface area contributed by atoms with E-state index in [0.29, 0.717) is 29.8 Å². The zero-order chi connectivity index (χ0) is 19.6. The maximum Gasteiger partial charge on any atom is 0.243 e. The number of halogens is 2. The largest absolute Gasteiger partial charge is 0.497 e. The van der Waals surface area contributed by atoms with E-state index < -0.39 is 10.0 Å². The van der Waals surface area contributed by atoms with Crippen molar-refractivity contribution in [2.45, 2.75) is 42.2 Å². The molecule has 1 aromatic rings. The molecule has 3 saturated heterocycles. The predicted octanol–water partition coefficient (Wildman–Crippen LogP) is 2.15. The van der Waals surface area contributed by atoms with Crippen molar-refractivity contribution < 1.29 is 17.9 Å². The van der Waals surface area contributed by atoms with Crippen LogP contribution in [-0.2, 0) is 14.8 Å². The highest BCUT2D eigenvalue weighted by Gasteiger charge is 2.41. The first-order chi connectivity index (χ1) is 13.5. The molecular weight excluding hydrogens is 449 g/mol. The van der Waals surface area contributed by atoms with Crippen molar-refractivity contribution in [3.63, 3.8) is 0 Å². The van der Waals surface area contributed by atoms with Crippen molar-refractivity contribution >= 4 is 34.8 Å². The van der Waals surface area contributed by atoms with E-state index in [1.54, 1.807) is 35.7 Å². The fourth-order valence-corrected chi connectivity index (χ4v) is 6.17. The summed E-state index contributed by atoms with van der Waals surface area (Å²) in [5.41, 5.74) is 0.0282. The van der Waals surface area contributed by atoms with Gasteiger partial charge in [-0.1, -0.05) is 0 Å². The Kier molecular flexibility index (Phi) is 9.24. The van der Waals surface area contributed by atoms with Crippen molar-refractivity contribution in [1.29, 1.82) is 0 Å². The molecule has 3 aliphatic rings. The number of methoxy groups -OCH3 is 1. The summed E-state index contributed by atoms with van der Waals surface area (Å²) in [6.07, 6.45) is 4.27. The topological polar surface area (TPSA) is 71.1 Å². The molecule has 0 amide bonds. The highest BCUT2D eigenvalue weighted by Crippen LogP contribution is 2.35. The zero-order valence-electron chi connectivity index (χ0n) is 17.4. The average molecular weight is 482 g/mol. The maximum absolute atomic E-state index is 13.0. The van der Waals surface area contributed by atoms with Crippen LogP contribution in [0.25, 0.3) is 0 Å². The van der Waals surface area contributed by atoms with Gasteiger partial charge in [0.1, 0.15) is 5.75 Å². The molecular formula is C20H33Cl2N3O4S. The molecule has 0 bridgehead atoms. The summed E-state index contributed by atoms with van der Waals surface area (Å²) < 4.78 is 38.8. The molecule has 1 aromatic carbocycles. The molecule has 1 N–H and O–H groups in total. The molecule has 0 saturated carbocycles. The molecule has 1 spiro atoms. The quantitative estimate of drug-likeness (QED) is 0.710. The van der Waals surface area contributed by atoms with Crippen molar-refractivity contribution in [2.24, 2.45) is 0 Å². The molecule has 4 rings (SSSR count). The number of hydrogen-bond acceptors (Lipinski definition) is 6. The van der Waals surface area contributed by atoms with E-state index in [2.05, 4.69) is 10.2 Å². The Morgan fingerprint density at radius 3 is 2.30 bits per heavy atom. The van der Waals surface area contributed by atoms with Gasteiger partial charge in [0, 0.05) is 38.8 Å². The van der Waals surface area contributed by atoms with E-state index >= 15 is 0 Å². The van der Waals surface area contributed by atoms with Gasteiger partial charge in [0.2, 0.25) is 10.0 Å². The SMILES string of the molecule is COc1ccc(S(=O)(=O)N2CCN(C3CCOC4(CCNCC4)C3)CC2)cc1.Cl.Cl. The van der Waals surface area contributed by atoms with E-state index in [0.717, 1.165) is 58.5 Å². The van der Waals surface area contributed by atoms with Gasteiger partial charge in [-0.05, 0) is 63.0 Å². The number of nitrogens with zero attached hydrogens (tertiary/aromatic N) is 2. The molecule has 3 heterocycles. The van der Waals surface area contributed by atoms with Gasteiger partial charge >= 0.3 is 0 Å². The third kappa shape index (κ3) is 5.41. The molecule has 3 aliphatic heterocycles. The Balaban J connectivity index is 0.00000160. The van der Waals surface area contributed by atoms with Gasteiger partial charge in [-0.2, -0.15) is 4.31 Å². The first kappa shape index (κ1) is 25.6. The van der Waals surface area contributed by atoms with Crippen molar-refractivity contribution in [3.05, 3.63) is 24.3 Å². The fraction of sp³-hybridized carbons (Fsp3) is 0.700. The highest BCUT2D eigenvalue weighted by atomic mass is 35.5. The van der Waals surface area contributed by atoms with Gasteiger partial charge in [-0.15, -0.1) is 24.8 Å². The Morgan fingerprint density at radius 2 is 1.70 bits per heavy atom. The van der Waals surface area contributed by atoms with Gasteiger partial charge in [0.15, 0.2) is 0 Å². The second-order valence-corrected chi connectivity index (χ2v) is 9.98. The van der Waals surface area contributed by atoms with Crippen LogP contribution in [0.2, 0.25) is 0 Å². The van der Waals surface area contributed by atoms with Crippen LogP contribution in [0.3, 0.4) is 0 Å². The minimum Gasteiger partial charge on any atom is -0.497 e. The summed E-state index contributed by atoms with van der Waals surface area (Å²) in [5.74, 6) is 0.662. The van der Waals surface area contributed by atoms with Gasteiger partial charge in [-0.25, -0.2) is 8.42 Å². The number of nitrogens with one attached hydrogen (secondary N) is 1. The van der Waals surface area contributed by atoms with Gasteiger partial charge in [-0.3, -0.25) is 4.90 Å². The molecule has 3 fully saturated rings. The van der Waals surface area contributed by atoms with E-state index in [9.17, 15) is 8.42 Å². The minimum atomic E-state index is -3.45. The Hall–Kier alpha value is -0.610. The third-order valence-corrected chi connectivity index (χ3v) is 8.38. The molecule has 1 unspecified atom stereocenters. The summed E-state index contributed by atoms with van der Waals surface area (Å²) in [7, 11) is -1.87. The average Bonchev–Trinajstić information content (AvgIpc) is 2.74. The van der Waals surface area contributed by atoms with E-state index in [-0.39, 0.29) is 30.4 Å². The molecule has 30 heavy (non-hydrogen) atoms. The zero-order valence-corrected chi connectivity index (χ0v) is 19.9. The van der Waals surface area contributed by atoms with Crippen molar-refractivity contribution in [1.82, 2.24) is 14.5 Å². The second-order valence-electron chi connectivity index (χ2n) is 8.04. The van der Waals surface area contributed by atoms with Crippen LogP contribution >= 0.6 is 24.8 Å². The minimum absolute atomic E-state index is 0. The second kappa shape index (κ2) is 10.8. The normalized spacial score (nSPS) is 25.2. The fourth-order valence-electron chi connectivity index (χ4n) is 4.75. The number of piperidine rings is 1. The molecule has 1 atom stereocenters. The van der Waals surface area contributed by atoms with Crippen molar-refractivity contribution in [2.75, 3.05) is 53.0 Å². The van der Waals surface area contributed by atoms with Crippen LogP contribution in [0, 0.1) is 0 Å². The maximum atomic E-state index is 13.0. The Morgan fingerprint density at radius 1 is 1.07 bits per heavy atom. The first-order valence-electron chi connectivity index (χ1n) is 10.3. The standard InChI is InChI=1S/C20H31N3O4S.2ClH/c1-26-18-2-4-19(5-3-18)28(24,25)23-13-11-22(12-14-23)17-6-15-27-20(16-17)7-9-21-10-8-20;;/h2-5,17,21H,6-16H2,1H3;2*1H. The van der Waals surface area contributed by atoms with Crippen LogP contribution in [0.15, 0.2) is 29.2 Å². The van der Waals surface area contributed by atoms with Crippen LogP contribution in [0.1, 0.15) is 25.7 Å². The molecule has 0 radical (unpaired) electrons. The summed E-state index contributed by atoms with van der Waals surface area (Å²) in [6.45, 7) is 5.53. The lowest BCUT2D eigenvalue weighted by molar-refractivity contribution is -0.122. The number of ether oxygens (including phenoxy) is 2. The predicted molar refractivity (Wildman–Crippen MR) is 122 cm³/mol. The summed E-state index contributed by atoms with van der Waals surface area (Å²) in [4.78, 5) is 2.81. The van der Waals surface area contributed by atoms with E-state index in [4.69, 9.17) is 9.47 Å². The van der Waals surface area contributed by atoms with Crippen molar-refractivity contribution in [3.8, 4) is 5.75 Å². The van der Waals surface area contributed by atoms with E-state index in [1.807, 2.05) is 0 Å². The number of piperazine rings is 1. The molecule has 10 heteroatoms. The first-order valence-corrected chi connectivity index (χ1v) is 11.7. The van der Waals surface area contributed by atoms with Crippen LogP contribution in [0.4, 0.5) is 0 Å². The smallest absolute Gasteiger partial charge is 0.243 e. The molecule has 0 aliphatic carbocycles. The lowest BCUT2D eigenvalue weighted by atomic mass is 9.82. The number of sulfonamides is 1. The summed E-state index contributed by atoms with van der Waals surface area (Å²) >= 11 is 0. The number of hydrogen-bond donors (Lipinski definition) is 1. The van der Waals surface area contributed by atoms with Crippen LogP contribution in [0.5, 0.6) is 5.75 Å². The number of rotatable bonds is 4. The molecule has 172 valence electrons. The van der Waals surface area contributed by atoms with Gasteiger partial charge in [0.05, 0.1) is 17.6 Å². The summed E-state index contributed by atoms with van der Waals surface area (Å²) in [6, 6.07) is 7.14. The van der Waals surface area contributed by atoms with Gasteiger partial charge < -0.3 is 14.8 Å². The molecule has 0 aromatic heterocycles. The monoisotopic (exact) mass is 481 g/mol. The Bertz CT molecular complexity index is 759. The highest BCUT2D eigenvalue weighted by molar-refractivity contribution is 7.89. The third-order valence-electron chi connectivity index (χ3n) is 6.47. The lowest BCUT2D eigenvalue weighted by Gasteiger charge is -2.48.